The van der Waals surface area contributed by atoms with Gasteiger partial charge in [0.2, 0.25) is 5.91 Å². The number of ether oxygens (including phenoxy) is 2. The van der Waals surface area contributed by atoms with Crippen LogP contribution in [0.3, 0.4) is 0 Å². The van der Waals surface area contributed by atoms with Crippen LogP contribution in [-0.2, 0) is 14.3 Å². The first kappa shape index (κ1) is 52.9. The van der Waals surface area contributed by atoms with Gasteiger partial charge in [0.1, 0.15) is 24.4 Å². The molecule has 0 aliphatic carbocycles. The Balaban J connectivity index is 2.22. The number of nitrogens with one attached hydrogen (secondary N) is 1. The lowest BCUT2D eigenvalue weighted by Crippen LogP contribution is -2.60. The summed E-state index contributed by atoms with van der Waals surface area (Å²) in [6.45, 7) is 3.76. The van der Waals surface area contributed by atoms with E-state index in [9.17, 15) is 30.3 Å². The molecule has 1 fully saturated rings. The fourth-order valence-corrected chi connectivity index (χ4v) is 7.75. The Morgan fingerprint density at radius 3 is 1.39 bits per heavy atom. The third-order valence-corrected chi connectivity index (χ3v) is 11.6. The summed E-state index contributed by atoms with van der Waals surface area (Å²) in [4.78, 5) is 12.9. The lowest BCUT2D eigenvalue weighted by atomic mass is 9.99. The van der Waals surface area contributed by atoms with Crippen LogP contribution in [-0.4, -0.2) is 87.5 Å². The molecule has 0 radical (unpaired) electrons. The molecule has 1 saturated heterocycles. The van der Waals surface area contributed by atoms with E-state index in [0.717, 1.165) is 38.5 Å². The van der Waals surface area contributed by atoms with Crippen LogP contribution in [0.2, 0.25) is 0 Å². The number of allylic oxidation sites excluding steroid dienone is 1. The van der Waals surface area contributed by atoms with Crippen molar-refractivity contribution in [2.45, 2.75) is 269 Å². The molecule has 0 aromatic heterocycles. The van der Waals surface area contributed by atoms with Gasteiger partial charge in [-0.15, -0.1) is 0 Å². The molecule has 9 nitrogen and oxygen atoms in total. The minimum Gasteiger partial charge on any atom is -0.394 e. The maximum atomic E-state index is 12.9. The molecular formula is C47H91NO8. The number of hydrogen-bond acceptors (Lipinski definition) is 8. The number of rotatable bonds is 40. The first-order valence-electron chi connectivity index (χ1n) is 23.9. The standard InChI is InChI=1S/C47H91NO8/c1-3-5-7-9-11-13-15-16-17-18-19-20-21-22-23-24-25-26-27-29-31-33-35-37-43(51)48-40(39-55-47-46(54)45(53)44(52)42(38-49)56-47)41(50)36-34-32-30-28-14-12-10-8-6-4-2/h34,36,40-42,44-47,49-50,52-54H,3-33,35,37-39H2,1-2H3,(H,48,51)/b36-34+/t40-,41+,42+,44-,45?,46?,47+/m0/s1. The molecule has 1 heterocycles. The molecule has 0 aromatic carbocycles. The largest absolute Gasteiger partial charge is 0.394 e. The quantitative estimate of drug-likeness (QED) is 0.0265. The van der Waals surface area contributed by atoms with Gasteiger partial charge < -0.3 is 40.3 Å². The number of carbonyl (C=O) groups excluding carboxylic acids is 1. The number of aliphatic hydroxyl groups excluding tert-OH is 5. The predicted molar refractivity (Wildman–Crippen MR) is 231 cm³/mol. The van der Waals surface area contributed by atoms with Crippen LogP contribution in [0.5, 0.6) is 0 Å². The summed E-state index contributed by atoms with van der Waals surface area (Å²) in [6.07, 6.45) is 37.0. The molecule has 6 N–H and O–H groups in total. The fourth-order valence-electron chi connectivity index (χ4n) is 7.75. The van der Waals surface area contributed by atoms with E-state index in [2.05, 4.69) is 19.2 Å². The van der Waals surface area contributed by atoms with Gasteiger partial charge in [-0.05, 0) is 19.3 Å². The Bertz CT molecular complexity index is 888. The zero-order valence-electron chi connectivity index (χ0n) is 36.4. The van der Waals surface area contributed by atoms with Gasteiger partial charge in [-0.3, -0.25) is 4.79 Å². The summed E-state index contributed by atoms with van der Waals surface area (Å²) in [5, 5.41) is 54.1. The maximum Gasteiger partial charge on any atom is 0.220 e. The second-order valence-corrected chi connectivity index (χ2v) is 16.9. The molecular weight excluding hydrogens is 707 g/mol. The van der Waals surface area contributed by atoms with Gasteiger partial charge in [0.15, 0.2) is 6.29 Å². The van der Waals surface area contributed by atoms with E-state index in [0.29, 0.717) is 6.42 Å². The van der Waals surface area contributed by atoms with Crippen LogP contribution in [0.25, 0.3) is 0 Å². The molecule has 0 spiro atoms. The number of hydrogen-bond donors (Lipinski definition) is 6. The Hall–Kier alpha value is -1.07. The van der Waals surface area contributed by atoms with Crippen molar-refractivity contribution in [2.75, 3.05) is 13.2 Å². The summed E-state index contributed by atoms with van der Waals surface area (Å²) in [5.74, 6) is -0.175. The van der Waals surface area contributed by atoms with Crippen LogP contribution in [0.4, 0.5) is 0 Å². The van der Waals surface area contributed by atoms with Crippen LogP contribution >= 0.6 is 0 Å². The van der Waals surface area contributed by atoms with E-state index in [1.807, 2.05) is 6.08 Å². The van der Waals surface area contributed by atoms with Crippen LogP contribution in [0, 0.1) is 0 Å². The number of aliphatic hydroxyl groups is 5. The highest BCUT2D eigenvalue weighted by atomic mass is 16.7. The zero-order chi connectivity index (χ0) is 40.9. The average Bonchev–Trinajstić information content (AvgIpc) is 3.20. The summed E-state index contributed by atoms with van der Waals surface area (Å²) < 4.78 is 11.2. The van der Waals surface area contributed by atoms with E-state index in [1.54, 1.807) is 6.08 Å². The Labute approximate surface area is 344 Å². The van der Waals surface area contributed by atoms with E-state index in [4.69, 9.17) is 9.47 Å². The molecule has 1 rings (SSSR count). The summed E-state index contributed by atoms with van der Waals surface area (Å²) in [6, 6.07) is -0.797. The van der Waals surface area contributed by atoms with Gasteiger partial charge in [0.25, 0.3) is 0 Å². The summed E-state index contributed by atoms with van der Waals surface area (Å²) in [5.41, 5.74) is 0. The molecule has 9 heteroatoms. The lowest BCUT2D eigenvalue weighted by Gasteiger charge is -2.40. The van der Waals surface area contributed by atoms with Crippen LogP contribution in [0.15, 0.2) is 12.2 Å². The molecule has 56 heavy (non-hydrogen) atoms. The zero-order valence-corrected chi connectivity index (χ0v) is 36.4. The monoisotopic (exact) mass is 798 g/mol. The first-order chi connectivity index (χ1) is 27.3. The smallest absolute Gasteiger partial charge is 0.220 e. The van der Waals surface area contributed by atoms with Crippen molar-refractivity contribution in [1.29, 1.82) is 0 Å². The normalized spacial score (nSPS) is 21.2. The molecule has 1 aliphatic rings. The second kappa shape index (κ2) is 38.2. The van der Waals surface area contributed by atoms with Crippen molar-refractivity contribution < 1.29 is 39.8 Å². The average molecular weight is 798 g/mol. The predicted octanol–water partition coefficient (Wildman–Crippen LogP) is 10.1. The third kappa shape index (κ3) is 28.4. The second-order valence-electron chi connectivity index (χ2n) is 16.9. The molecule has 0 saturated carbocycles. The highest BCUT2D eigenvalue weighted by Gasteiger charge is 2.44. The van der Waals surface area contributed by atoms with Crippen molar-refractivity contribution in [3.05, 3.63) is 12.2 Å². The molecule has 332 valence electrons. The van der Waals surface area contributed by atoms with Crippen LogP contribution < -0.4 is 5.32 Å². The highest BCUT2D eigenvalue weighted by Crippen LogP contribution is 2.23. The van der Waals surface area contributed by atoms with Gasteiger partial charge >= 0.3 is 0 Å². The minimum absolute atomic E-state index is 0.175. The maximum absolute atomic E-state index is 12.9. The van der Waals surface area contributed by atoms with Gasteiger partial charge in [-0.2, -0.15) is 0 Å². The van der Waals surface area contributed by atoms with E-state index >= 15 is 0 Å². The Kier molecular flexibility index (Phi) is 36.1. The highest BCUT2D eigenvalue weighted by molar-refractivity contribution is 5.76. The molecule has 1 aliphatic heterocycles. The van der Waals surface area contributed by atoms with Gasteiger partial charge in [0, 0.05) is 6.42 Å². The molecule has 7 atom stereocenters. The van der Waals surface area contributed by atoms with Crippen molar-refractivity contribution in [1.82, 2.24) is 5.32 Å². The van der Waals surface area contributed by atoms with Crippen molar-refractivity contribution >= 4 is 5.91 Å². The number of amides is 1. The molecule has 0 bridgehead atoms. The van der Waals surface area contributed by atoms with E-state index < -0.39 is 49.5 Å². The van der Waals surface area contributed by atoms with Gasteiger partial charge in [-0.25, -0.2) is 0 Å². The topological polar surface area (TPSA) is 149 Å². The van der Waals surface area contributed by atoms with Gasteiger partial charge in [0.05, 0.1) is 25.4 Å². The van der Waals surface area contributed by atoms with E-state index in [1.165, 1.54) is 167 Å². The van der Waals surface area contributed by atoms with Crippen molar-refractivity contribution in [2.24, 2.45) is 0 Å². The van der Waals surface area contributed by atoms with Crippen LogP contribution in [0.1, 0.15) is 226 Å². The summed E-state index contributed by atoms with van der Waals surface area (Å²) >= 11 is 0. The Morgan fingerprint density at radius 2 is 0.982 bits per heavy atom. The van der Waals surface area contributed by atoms with Crippen molar-refractivity contribution in [3.63, 3.8) is 0 Å². The van der Waals surface area contributed by atoms with E-state index in [-0.39, 0.29) is 12.5 Å². The molecule has 0 aromatic rings. The molecule has 1 amide bonds. The Morgan fingerprint density at radius 1 is 0.589 bits per heavy atom. The number of unbranched alkanes of at least 4 members (excludes halogenated alkanes) is 30. The minimum atomic E-state index is -1.56. The van der Waals surface area contributed by atoms with Gasteiger partial charge in [-0.1, -0.05) is 212 Å². The fraction of sp³-hybridized carbons (Fsp3) is 0.936. The summed E-state index contributed by atoms with van der Waals surface area (Å²) in [7, 11) is 0. The lowest BCUT2D eigenvalue weighted by molar-refractivity contribution is -0.302. The molecule has 2 unspecified atom stereocenters. The van der Waals surface area contributed by atoms with Crippen molar-refractivity contribution in [3.8, 4) is 0 Å². The number of carbonyl (C=O) groups is 1. The third-order valence-electron chi connectivity index (χ3n) is 11.6. The SMILES string of the molecule is CCCCCCCCCC/C=C/[C@@H](O)[C@H](CO[C@@H]1O[C@H](CO)[C@H](O)C(O)C1O)NC(=O)CCCCCCCCCCCCCCCCCCCCCCCCC. The first-order valence-corrected chi connectivity index (χ1v) is 23.9.